The number of carbonyl (C=O) groups is 3. The highest BCUT2D eigenvalue weighted by atomic mass is 16.5. The van der Waals surface area contributed by atoms with Crippen LogP contribution in [0.2, 0.25) is 0 Å². The molecule has 0 spiro atoms. The van der Waals surface area contributed by atoms with Crippen molar-refractivity contribution in [3.63, 3.8) is 0 Å². The van der Waals surface area contributed by atoms with Gasteiger partial charge in [-0.3, -0.25) is 9.59 Å². The van der Waals surface area contributed by atoms with Gasteiger partial charge < -0.3 is 24.6 Å². The monoisotopic (exact) mass is 487 g/mol. The predicted molar refractivity (Wildman–Crippen MR) is 131 cm³/mol. The minimum absolute atomic E-state index is 0.0299. The van der Waals surface area contributed by atoms with E-state index < -0.39 is 23.7 Å². The second kappa shape index (κ2) is 10.4. The van der Waals surface area contributed by atoms with Crippen LogP contribution in [0.15, 0.2) is 78.4 Å². The molecule has 1 aliphatic rings. The molecule has 1 amide bonds. The van der Waals surface area contributed by atoms with Crippen LogP contribution in [0.5, 0.6) is 11.5 Å². The first-order valence-electron chi connectivity index (χ1n) is 11.3. The number of hydrogen-bond donors (Lipinski definition) is 2. The summed E-state index contributed by atoms with van der Waals surface area (Å²) in [4.78, 5) is 39.5. The van der Waals surface area contributed by atoms with Gasteiger partial charge in [-0.15, -0.1) is 0 Å². The van der Waals surface area contributed by atoms with Crippen molar-refractivity contribution in [1.82, 2.24) is 4.90 Å². The van der Waals surface area contributed by atoms with Crippen molar-refractivity contribution in [2.24, 2.45) is 0 Å². The van der Waals surface area contributed by atoms with Crippen molar-refractivity contribution in [2.45, 2.75) is 19.5 Å². The molecule has 1 fully saturated rings. The van der Waals surface area contributed by atoms with Gasteiger partial charge in [0.15, 0.2) is 0 Å². The summed E-state index contributed by atoms with van der Waals surface area (Å²) in [6, 6.07) is 18.3. The maximum atomic E-state index is 13.2. The summed E-state index contributed by atoms with van der Waals surface area (Å²) in [7, 11) is 1.29. The number of likely N-dealkylation sites (tertiary alicyclic amines) is 1. The quantitative estimate of drug-likeness (QED) is 0.222. The fourth-order valence-corrected chi connectivity index (χ4v) is 4.20. The Labute approximate surface area is 208 Å². The van der Waals surface area contributed by atoms with Gasteiger partial charge in [-0.05, 0) is 54.4 Å². The number of aliphatic hydroxyl groups is 1. The highest BCUT2D eigenvalue weighted by molar-refractivity contribution is 6.46. The fourth-order valence-electron chi connectivity index (χ4n) is 4.20. The minimum atomic E-state index is -0.951. The zero-order valence-electron chi connectivity index (χ0n) is 19.8. The van der Waals surface area contributed by atoms with Crippen LogP contribution in [0.3, 0.4) is 0 Å². The zero-order chi connectivity index (χ0) is 25.8. The van der Waals surface area contributed by atoms with Crippen LogP contribution in [-0.4, -0.2) is 46.5 Å². The SMILES string of the molecule is CCOc1cccc(/C(O)=C2\C(=O)C(=O)N(Cc3ccc(C(=O)OC)cc3)C2c2cccc(O)c2)c1. The van der Waals surface area contributed by atoms with Gasteiger partial charge in [-0.1, -0.05) is 36.4 Å². The first-order chi connectivity index (χ1) is 17.3. The number of carbonyl (C=O) groups excluding carboxylic acids is 3. The van der Waals surface area contributed by atoms with E-state index in [1.54, 1.807) is 60.7 Å². The van der Waals surface area contributed by atoms with E-state index in [1.807, 2.05) is 6.92 Å². The molecule has 0 radical (unpaired) electrons. The van der Waals surface area contributed by atoms with Gasteiger partial charge in [0.25, 0.3) is 11.7 Å². The molecule has 1 aliphatic heterocycles. The van der Waals surface area contributed by atoms with E-state index in [0.717, 1.165) is 0 Å². The van der Waals surface area contributed by atoms with Crippen molar-refractivity contribution in [3.05, 3.63) is 101 Å². The number of ketones is 1. The Balaban J connectivity index is 1.80. The number of nitrogens with zero attached hydrogens (tertiary/aromatic N) is 1. The Bertz CT molecular complexity index is 1340. The number of phenolic OH excluding ortho intramolecular Hbond substituents is 1. The number of rotatable bonds is 7. The second-order valence-corrected chi connectivity index (χ2v) is 8.17. The Morgan fingerprint density at radius 1 is 0.972 bits per heavy atom. The number of ether oxygens (including phenoxy) is 2. The smallest absolute Gasteiger partial charge is 0.337 e. The van der Waals surface area contributed by atoms with Crippen LogP contribution < -0.4 is 4.74 Å². The first-order valence-corrected chi connectivity index (χ1v) is 11.3. The van der Waals surface area contributed by atoms with Gasteiger partial charge in [0.05, 0.1) is 30.9 Å². The van der Waals surface area contributed by atoms with Crippen LogP contribution in [-0.2, 0) is 20.9 Å². The first kappa shape index (κ1) is 24.5. The summed E-state index contributed by atoms with van der Waals surface area (Å²) in [6.07, 6.45) is 0. The van der Waals surface area contributed by atoms with Crippen LogP contribution in [0.1, 0.15) is 40.0 Å². The molecule has 184 valence electrons. The van der Waals surface area contributed by atoms with Crippen molar-refractivity contribution >= 4 is 23.4 Å². The normalized spacial score (nSPS) is 16.7. The van der Waals surface area contributed by atoms with Crippen LogP contribution in [0.4, 0.5) is 0 Å². The maximum absolute atomic E-state index is 13.2. The van der Waals surface area contributed by atoms with Crippen molar-refractivity contribution in [3.8, 4) is 11.5 Å². The molecule has 1 heterocycles. The van der Waals surface area contributed by atoms with E-state index in [9.17, 15) is 24.6 Å². The van der Waals surface area contributed by atoms with Crippen LogP contribution in [0.25, 0.3) is 5.76 Å². The summed E-state index contributed by atoms with van der Waals surface area (Å²) >= 11 is 0. The van der Waals surface area contributed by atoms with Gasteiger partial charge in [0.2, 0.25) is 0 Å². The fraction of sp³-hybridized carbons (Fsp3) is 0.179. The average molecular weight is 488 g/mol. The summed E-state index contributed by atoms with van der Waals surface area (Å²) in [5.41, 5.74) is 1.70. The lowest BCUT2D eigenvalue weighted by atomic mass is 9.95. The topological polar surface area (TPSA) is 113 Å². The van der Waals surface area contributed by atoms with E-state index in [4.69, 9.17) is 9.47 Å². The van der Waals surface area contributed by atoms with E-state index >= 15 is 0 Å². The van der Waals surface area contributed by atoms with Crippen molar-refractivity contribution in [1.29, 1.82) is 0 Å². The number of hydrogen-bond acceptors (Lipinski definition) is 7. The molecule has 1 unspecified atom stereocenters. The van der Waals surface area contributed by atoms with Gasteiger partial charge in [-0.25, -0.2) is 4.79 Å². The van der Waals surface area contributed by atoms with E-state index in [1.165, 1.54) is 24.1 Å². The maximum Gasteiger partial charge on any atom is 0.337 e. The highest BCUT2D eigenvalue weighted by Crippen LogP contribution is 2.41. The molecule has 2 N–H and O–H groups in total. The number of phenols is 1. The average Bonchev–Trinajstić information content (AvgIpc) is 3.13. The number of esters is 1. The lowest BCUT2D eigenvalue weighted by molar-refractivity contribution is -0.140. The molecule has 0 saturated carbocycles. The summed E-state index contributed by atoms with van der Waals surface area (Å²) in [5.74, 6) is -1.99. The minimum Gasteiger partial charge on any atom is -0.508 e. The Morgan fingerprint density at radius 2 is 1.69 bits per heavy atom. The molecule has 0 aromatic heterocycles. The highest BCUT2D eigenvalue weighted by Gasteiger charge is 2.46. The van der Waals surface area contributed by atoms with Gasteiger partial charge in [0.1, 0.15) is 17.3 Å². The zero-order valence-corrected chi connectivity index (χ0v) is 19.8. The third-order valence-electron chi connectivity index (χ3n) is 5.87. The molecule has 1 saturated heterocycles. The summed E-state index contributed by atoms with van der Waals surface area (Å²) in [5, 5.41) is 21.3. The molecule has 1 atom stereocenters. The van der Waals surface area contributed by atoms with Crippen LogP contribution in [0, 0.1) is 0 Å². The number of aliphatic hydroxyl groups excluding tert-OH is 1. The molecule has 36 heavy (non-hydrogen) atoms. The van der Waals surface area contributed by atoms with Crippen molar-refractivity contribution < 1.29 is 34.1 Å². The number of aromatic hydroxyl groups is 1. The standard InChI is InChI=1S/C28H25NO7/c1-3-36-22-9-5-7-20(15-22)25(31)23-24(19-6-4-8-21(30)14-19)29(27(33)26(23)32)16-17-10-12-18(13-11-17)28(34)35-2/h4-15,24,30-31H,3,16H2,1-2H3/b25-23+. The largest absolute Gasteiger partial charge is 0.508 e. The van der Waals surface area contributed by atoms with Crippen LogP contribution >= 0.6 is 0 Å². The molecule has 4 rings (SSSR count). The molecule has 0 bridgehead atoms. The molecular formula is C28H25NO7. The summed E-state index contributed by atoms with van der Waals surface area (Å²) < 4.78 is 10.2. The van der Waals surface area contributed by atoms with Gasteiger partial charge in [0, 0.05) is 12.1 Å². The van der Waals surface area contributed by atoms with Crippen molar-refractivity contribution in [2.75, 3.05) is 13.7 Å². The third-order valence-corrected chi connectivity index (χ3v) is 5.87. The molecule has 3 aromatic rings. The molecule has 0 aliphatic carbocycles. The number of methoxy groups -OCH3 is 1. The van der Waals surface area contributed by atoms with Gasteiger partial charge in [-0.2, -0.15) is 0 Å². The predicted octanol–water partition coefficient (Wildman–Crippen LogP) is 4.20. The lowest BCUT2D eigenvalue weighted by Crippen LogP contribution is -2.29. The number of amides is 1. The molecule has 3 aromatic carbocycles. The second-order valence-electron chi connectivity index (χ2n) is 8.17. The third kappa shape index (κ3) is 4.79. The molecular weight excluding hydrogens is 462 g/mol. The molecule has 8 heteroatoms. The Morgan fingerprint density at radius 3 is 2.36 bits per heavy atom. The van der Waals surface area contributed by atoms with E-state index in [2.05, 4.69) is 0 Å². The van der Waals surface area contributed by atoms with E-state index in [-0.39, 0.29) is 23.6 Å². The van der Waals surface area contributed by atoms with E-state index in [0.29, 0.717) is 34.6 Å². The molecule has 8 nitrogen and oxygen atoms in total. The Kier molecular flexibility index (Phi) is 7.05. The van der Waals surface area contributed by atoms with Gasteiger partial charge >= 0.3 is 5.97 Å². The summed E-state index contributed by atoms with van der Waals surface area (Å²) in [6.45, 7) is 2.28. The lowest BCUT2D eigenvalue weighted by Gasteiger charge is -2.25. The number of benzene rings is 3. The number of Topliss-reactive ketones (excluding diaryl/α,β-unsaturated/α-hetero) is 1. The Hall–Kier alpha value is -4.59.